The Bertz CT molecular complexity index is 1360. The summed E-state index contributed by atoms with van der Waals surface area (Å²) in [6.07, 6.45) is 1.88. The summed E-state index contributed by atoms with van der Waals surface area (Å²) >= 11 is 0. The lowest BCUT2D eigenvalue weighted by Crippen LogP contribution is -2.49. The van der Waals surface area contributed by atoms with E-state index < -0.39 is 5.54 Å². The number of carbonyl (C=O) groups is 3. The second-order valence-electron chi connectivity index (χ2n) is 10.7. The number of carbonyl (C=O) groups excluding carboxylic acids is 3. The van der Waals surface area contributed by atoms with Crippen LogP contribution in [-0.4, -0.2) is 70.9 Å². The van der Waals surface area contributed by atoms with Crippen molar-refractivity contribution >= 4 is 29.4 Å². The lowest BCUT2D eigenvalue weighted by Gasteiger charge is -2.36. The molecule has 2 aliphatic rings. The Labute approximate surface area is 223 Å². The topological polar surface area (TPSA) is 77.1 Å². The molecule has 0 radical (unpaired) electrons. The van der Waals surface area contributed by atoms with Gasteiger partial charge in [-0.25, -0.2) is 9.78 Å². The third kappa shape index (κ3) is 4.74. The number of aryl methyl sites for hydroxylation is 2. The maximum absolute atomic E-state index is 13.3. The minimum Gasteiger partial charge on any atom is -0.353 e. The van der Waals surface area contributed by atoms with E-state index in [1.165, 1.54) is 4.90 Å². The third-order valence-corrected chi connectivity index (χ3v) is 7.28. The molecule has 0 bridgehead atoms. The Balaban J connectivity index is 1.25. The van der Waals surface area contributed by atoms with Crippen molar-refractivity contribution in [3.63, 3.8) is 0 Å². The normalized spacial score (nSPS) is 17.2. The highest BCUT2D eigenvalue weighted by Crippen LogP contribution is 2.32. The summed E-state index contributed by atoms with van der Waals surface area (Å²) in [5, 5.41) is 0. The van der Waals surface area contributed by atoms with Gasteiger partial charge in [0.1, 0.15) is 5.82 Å². The second-order valence-corrected chi connectivity index (χ2v) is 10.7. The number of amides is 4. The number of hydrogen-bond acceptors (Lipinski definition) is 5. The van der Waals surface area contributed by atoms with Gasteiger partial charge in [-0.1, -0.05) is 24.3 Å². The summed E-state index contributed by atoms with van der Waals surface area (Å²) in [7, 11) is 0. The number of rotatable bonds is 4. The first kappa shape index (κ1) is 25.4. The molecule has 0 atom stereocenters. The predicted octanol–water partition coefficient (Wildman–Crippen LogP) is 4.52. The predicted molar refractivity (Wildman–Crippen MR) is 148 cm³/mol. The minimum atomic E-state index is -0.678. The zero-order chi connectivity index (χ0) is 27.0. The molecule has 2 saturated heterocycles. The maximum atomic E-state index is 13.3. The second kappa shape index (κ2) is 9.93. The monoisotopic (exact) mass is 511 g/mol. The van der Waals surface area contributed by atoms with Crippen molar-refractivity contribution < 1.29 is 14.4 Å². The summed E-state index contributed by atoms with van der Waals surface area (Å²) in [6, 6.07) is 17.7. The van der Waals surface area contributed by atoms with E-state index in [1.54, 1.807) is 53.4 Å². The van der Waals surface area contributed by atoms with Gasteiger partial charge in [0.2, 0.25) is 0 Å². The van der Waals surface area contributed by atoms with Gasteiger partial charge in [-0.2, -0.15) is 0 Å². The van der Waals surface area contributed by atoms with Gasteiger partial charge in [-0.15, -0.1) is 0 Å². The molecule has 5 rings (SSSR count). The molecule has 0 saturated carbocycles. The highest BCUT2D eigenvalue weighted by molar-refractivity contribution is 6.11. The van der Waals surface area contributed by atoms with Gasteiger partial charge in [0.15, 0.2) is 0 Å². The zero-order valence-electron chi connectivity index (χ0n) is 22.3. The first-order valence-corrected chi connectivity index (χ1v) is 12.9. The van der Waals surface area contributed by atoms with Crippen molar-refractivity contribution in [1.29, 1.82) is 0 Å². The summed E-state index contributed by atoms with van der Waals surface area (Å²) in [4.78, 5) is 51.3. The minimum absolute atomic E-state index is 0.0289. The number of urea groups is 1. The number of anilines is 2. The van der Waals surface area contributed by atoms with Gasteiger partial charge in [0, 0.05) is 49.2 Å². The van der Waals surface area contributed by atoms with Crippen molar-refractivity contribution in [2.24, 2.45) is 0 Å². The molecule has 0 aliphatic carbocycles. The first-order valence-electron chi connectivity index (χ1n) is 12.9. The van der Waals surface area contributed by atoms with Crippen LogP contribution in [0.2, 0.25) is 0 Å². The SMILES string of the molecule is Cc1cnc(N2CCN(C(=O)c3ccc(N4CC(C)(C)N(C(=O)c5ccccc5)C4=O)cc3)CC2)c(C)c1. The Morgan fingerprint density at radius 1 is 0.842 bits per heavy atom. The number of benzene rings is 2. The molecule has 2 aromatic carbocycles. The molecular weight excluding hydrogens is 478 g/mol. The van der Waals surface area contributed by atoms with E-state index in [1.807, 2.05) is 37.9 Å². The third-order valence-electron chi connectivity index (χ3n) is 7.28. The molecule has 0 N–H and O–H groups in total. The number of aromatic nitrogens is 1. The van der Waals surface area contributed by atoms with Gasteiger partial charge in [-0.05, 0) is 75.2 Å². The fourth-order valence-corrected chi connectivity index (χ4v) is 5.31. The smallest absolute Gasteiger partial charge is 0.332 e. The summed E-state index contributed by atoms with van der Waals surface area (Å²) in [6.45, 7) is 10.9. The lowest BCUT2D eigenvalue weighted by molar-refractivity contribution is 0.0719. The highest BCUT2D eigenvalue weighted by Gasteiger charge is 2.47. The van der Waals surface area contributed by atoms with Crippen molar-refractivity contribution in [3.05, 3.63) is 89.1 Å². The Morgan fingerprint density at radius 3 is 2.11 bits per heavy atom. The van der Waals surface area contributed by atoms with Gasteiger partial charge in [0.05, 0.1) is 12.1 Å². The van der Waals surface area contributed by atoms with Crippen LogP contribution in [0.1, 0.15) is 45.7 Å². The van der Waals surface area contributed by atoms with Crippen molar-refractivity contribution in [2.45, 2.75) is 33.2 Å². The Morgan fingerprint density at radius 2 is 1.47 bits per heavy atom. The van der Waals surface area contributed by atoms with Crippen LogP contribution in [0.3, 0.4) is 0 Å². The maximum Gasteiger partial charge on any atom is 0.332 e. The van der Waals surface area contributed by atoms with Gasteiger partial charge in [0.25, 0.3) is 11.8 Å². The van der Waals surface area contributed by atoms with Crippen LogP contribution >= 0.6 is 0 Å². The quantitative estimate of drug-likeness (QED) is 0.515. The van der Waals surface area contributed by atoms with Crippen LogP contribution in [0.15, 0.2) is 66.9 Å². The van der Waals surface area contributed by atoms with E-state index in [0.717, 1.165) is 30.0 Å². The molecule has 8 nitrogen and oxygen atoms in total. The molecule has 196 valence electrons. The molecule has 3 aromatic rings. The average molecular weight is 512 g/mol. The lowest BCUT2D eigenvalue weighted by atomic mass is 10.0. The molecule has 0 spiro atoms. The van der Waals surface area contributed by atoms with Crippen molar-refractivity contribution in [1.82, 2.24) is 14.8 Å². The van der Waals surface area contributed by atoms with Crippen molar-refractivity contribution in [3.8, 4) is 0 Å². The fourth-order valence-electron chi connectivity index (χ4n) is 5.31. The molecule has 4 amide bonds. The number of nitrogens with zero attached hydrogens (tertiary/aromatic N) is 5. The van der Waals surface area contributed by atoms with Crippen LogP contribution in [0, 0.1) is 13.8 Å². The number of hydrogen-bond donors (Lipinski definition) is 0. The average Bonchev–Trinajstić information content (AvgIpc) is 3.16. The molecular formula is C30H33N5O3. The van der Waals surface area contributed by atoms with Gasteiger partial charge in [-0.3, -0.25) is 19.4 Å². The van der Waals surface area contributed by atoms with E-state index in [-0.39, 0.29) is 17.8 Å². The summed E-state index contributed by atoms with van der Waals surface area (Å²) in [5.41, 5.74) is 3.32. The van der Waals surface area contributed by atoms with Crippen LogP contribution < -0.4 is 9.80 Å². The van der Waals surface area contributed by atoms with E-state index >= 15 is 0 Å². The molecule has 2 aliphatic heterocycles. The van der Waals surface area contributed by atoms with E-state index in [2.05, 4.69) is 22.9 Å². The molecule has 38 heavy (non-hydrogen) atoms. The van der Waals surface area contributed by atoms with Gasteiger partial charge < -0.3 is 9.80 Å². The van der Waals surface area contributed by atoms with E-state index in [4.69, 9.17) is 0 Å². The van der Waals surface area contributed by atoms with E-state index in [9.17, 15) is 14.4 Å². The Kier molecular flexibility index (Phi) is 6.65. The summed E-state index contributed by atoms with van der Waals surface area (Å²) < 4.78 is 0. The molecule has 1 aromatic heterocycles. The van der Waals surface area contributed by atoms with E-state index in [0.29, 0.717) is 36.4 Å². The first-order chi connectivity index (χ1) is 18.2. The fraction of sp³-hybridized carbons (Fsp3) is 0.333. The number of imide groups is 1. The van der Waals surface area contributed by atoms with Crippen LogP contribution in [0.25, 0.3) is 0 Å². The molecule has 0 unspecified atom stereocenters. The zero-order valence-corrected chi connectivity index (χ0v) is 22.3. The highest BCUT2D eigenvalue weighted by atomic mass is 16.2. The van der Waals surface area contributed by atoms with Crippen LogP contribution in [0.4, 0.5) is 16.3 Å². The summed E-state index contributed by atoms with van der Waals surface area (Å²) in [5.74, 6) is 0.633. The number of piperazine rings is 1. The molecule has 2 fully saturated rings. The standard InChI is InChI=1S/C30H33N5O3/c1-21-18-22(2)26(31-19-21)32-14-16-33(17-15-32)27(36)24-10-12-25(13-11-24)34-20-30(3,4)35(29(34)38)28(37)23-8-6-5-7-9-23/h5-13,18-19H,14-17,20H2,1-4H3. The molecule has 8 heteroatoms. The van der Waals surface area contributed by atoms with Crippen molar-refractivity contribution in [2.75, 3.05) is 42.5 Å². The molecule has 3 heterocycles. The van der Waals surface area contributed by atoms with Gasteiger partial charge >= 0.3 is 6.03 Å². The van der Waals surface area contributed by atoms with Crippen LogP contribution in [-0.2, 0) is 0 Å². The largest absolute Gasteiger partial charge is 0.353 e. The van der Waals surface area contributed by atoms with Crippen LogP contribution in [0.5, 0.6) is 0 Å². The number of pyridine rings is 1. The Hall–Kier alpha value is -4.20.